The molecule has 0 saturated heterocycles. The molecule has 0 heterocycles. The van der Waals surface area contributed by atoms with E-state index in [1.54, 1.807) is 6.92 Å². The van der Waals surface area contributed by atoms with E-state index in [0.717, 1.165) is 5.33 Å². The van der Waals surface area contributed by atoms with Gasteiger partial charge in [-0.3, -0.25) is 4.79 Å². The highest BCUT2D eigenvalue weighted by Crippen LogP contribution is 2.10. The van der Waals surface area contributed by atoms with Gasteiger partial charge >= 0.3 is 0 Å². The topological polar surface area (TPSA) is 20.3 Å². The SMILES string of the molecule is C=C(C)C(=O)CCBr.CCCCCCCCCCCCN(C)C. The van der Waals surface area contributed by atoms with Gasteiger partial charge in [-0.15, -0.1) is 0 Å². The van der Waals surface area contributed by atoms with Crippen molar-refractivity contribution < 1.29 is 4.79 Å². The normalized spacial score (nSPS) is 10.3. The Morgan fingerprint density at radius 2 is 1.35 bits per heavy atom. The molecule has 0 aromatic carbocycles. The lowest BCUT2D eigenvalue weighted by Gasteiger charge is -2.08. The highest BCUT2D eigenvalue weighted by atomic mass is 79.9. The molecule has 0 aliphatic carbocycles. The molecular formula is C20H40BrNO. The van der Waals surface area contributed by atoms with Crippen molar-refractivity contribution >= 4 is 21.7 Å². The first-order chi connectivity index (χ1) is 11.0. The molecular weight excluding hydrogens is 350 g/mol. The first-order valence-corrected chi connectivity index (χ1v) is 10.5. The van der Waals surface area contributed by atoms with Crippen LogP contribution in [0.1, 0.15) is 84.5 Å². The number of allylic oxidation sites excluding steroid dienone is 1. The number of alkyl halides is 1. The van der Waals surface area contributed by atoms with E-state index in [0.29, 0.717) is 12.0 Å². The van der Waals surface area contributed by atoms with E-state index in [2.05, 4.69) is 48.4 Å². The number of Topliss-reactive ketones (excluding diaryl/α,β-unsaturated/α-hetero) is 1. The molecule has 0 radical (unpaired) electrons. The zero-order valence-electron chi connectivity index (χ0n) is 16.1. The summed E-state index contributed by atoms with van der Waals surface area (Å²) in [7, 11) is 4.32. The second kappa shape index (κ2) is 19.9. The average molecular weight is 390 g/mol. The number of ketones is 1. The third kappa shape index (κ3) is 24.2. The van der Waals surface area contributed by atoms with Gasteiger partial charge in [0.2, 0.25) is 0 Å². The van der Waals surface area contributed by atoms with Crippen LogP contribution in [0.25, 0.3) is 0 Å². The highest BCUT2D eigenvalue weighted by Gasteiger charge is 1.97. The Morgan fingerprint density at radius 3 is 1.65 bits per heavy atom. The number of rotatable bonds is 14. The minimum Gasteiger partial charge on any atom is -0.309 e. The Labute approximate surface area is 154 Å². The van der Waals surface area contributed by atoms with Crippen LogP contribution in [0.15, 0.2) is 12.2 Å². The molecule has 23 heavy (non-hydrogen) atoms. The Bertz CT molecular complexity index is 277. The van der Waals surface area contributed by atoms with Gasteiger partial charge in [-0.1, -0.05) is 87.2 Å². The number of carbonyl (C=O) groups excluding carboxylic acids is 1. The van der Waals surface area contributed by atoms with Crippen LogP contribution in [0, 0.1) is 0 Å². The quantitative estimate of drug-likeness (QED) is 0.195. The van der Waals surface area contributed by atoms with Crippen molar-refractivity contribution in [2.75, 3.05) is 26.0 Å². The smallest absolute Gasteiger partial charge is 0.158 e. The van der Waals surface area contributed by atoms with Gasteiger partial charge in [0, 0.05) is 11.8 Å². The van der Waals surface area contributed by atoms with Gasteiger partial charge in [0.1, 0.15) is 0 Å². The third-order valence-corrected chi connectivity index (χ3v) is 4.15. The van der Waals surface area contributed by atoms with Crippen molar-refractivity contribution in [3.63, 3.8) is 0 Å². The lowest BCUT2D eigenvalue weighted by atomic mass is 10.1. The van der Waals surface area contributed by atoms with Crippen molar-refractivity contribution in [2.45, 2.75) is 84.5 Å². The summed E-state index contributed by atoms with van der Waals surface area (Å²) < 4.78 is 0. The molecule has 0 spiro atoms. The second-order valence-electron chi connectivity index (χ2n) is 6.63. The number of carbonyl (C=O) groups is 1. The Balaban J connectivity index is 0. The molecule has 0 rings (SSSR count). The Hall–Kier alpha value is -0.150. The Morgan fingerprint density at radius 1 is 0.913 bits per heavy atom. The van der Waals surface area contributed by atoms with E-state index in [9.17, 15) is 4.79 Å². The van der Waals surface area contributed by atoms with E-state index >= 15 is 0 Å². The molecule has 0 saturated carbocycles. The molecule has 0 bridgehead atoms. The molecule has 3 heteroatoms. The molecule has 0 atom stereocenters. The van der Waals surface area contributed by atoms with Gasteiger partial charge in [-0.25, -0.2) is 0 Å². The summed E-state index contributed by atoms with van der Waals surface area (Å²) in [5, 5.41) is 0.735. The molecule has 2 nitrogen and oxygen atoms in total. The van der Waals surface area contributed by atoms with Crippen LogP contribution in [0.3, 0.4) is 0 Å². The van der Waals surface area contributed by atoms with Gasteiger partial charge in [0.15, 0.2) is 5.78 Å². The maximum Gasteiger partial charge on any atom is 0.158 e. The van der Waals surface area contributed by atoms with Gasteiger partial charge < -0.3 is 4.90 Å². The highest BCUT2D eigenvalue weighted by molar-refractivity contribution is 9.09. The fourth-order valence-electron chi connectivity index (χ4n) is 2.21. The van der Waals surface area contributed by atoms with Crippen LogP contribution >= 0.6 is 15.9 Å². The van der Waals surface area contributed by atoms with E-state index in [4.69, 9.17) is 0 Å². The van der Waals surface area contributed by atoms with Gasteiger partial charge in [-0.05, 0) is 39.6 Å². The lowest BCUT2D eigenvalue weighted by molar-refractivity contribution is -0.115. The minimum absolute atomic E-state index is 0.141. The fourth-order valence-corrected chi connectivity index (χ4v) is 2.57. The van der Waals surface area contributed by atoms with Gasteiger partial charge in [0.05, 0.1) is 0 Å². The summed E-state index contributed by atoms with van der Waals surface area (Å²) in [6, 6.07) is 0. The number of hydrogen-bond acceptors (Lipinski definition) is 2. The number of halogens is 1. The predicted molar refractivity (Wildman–Crippen MR) is 109 cm³/mol. The monoisotopic (exact) mass is 389 g/mol. The van der Waals surface area contributed by atoms with Crippen LogP contribution < -0.4 is 0 Å². The van der Waals surface area contributed by atoms with Crippen LogP contribution in [0.5, 0.6) is 0 Å². The van der Waals surface area contributed by atoms with E-state index < -0.39 is 0 Å². The summed E-state index contributed by atoms with van der Waals surface area (Å²) in [5.74, 6) is 0.141. The molecule has 0 aromatic rings. The maximum absolute atomic E-state index is 10.6. The van der Waals surface area contributed by atoms with Gasteiger partial charge in [0.25, 0.3) is 0 Å². The number of nitrogens with zero attached hydrogens (tertiary/aromatic N) is 1. The van der Waals surface area contributed by atoms with Crippen LogP contribution in [0.4, 0.5) is 0 Å². The van der Waals surface area contributed by atoms with Crippen molar-refractivity contribution in [1.82, 2.24) is 4.90 Å². The third-order valence-electron chi connectivity index (χ3n) is 3.76. The molecule has 138 valence electrons. The zero-order chi connectivity index (χ0) is 17.9. The number of hydrogen-bond donors (Lipinski definition) is 0. The van der Waals surface area contributed by atoms with Crippen molar-refractivity contribution in [3.8, 4) is 0 Å². The summed E-state index contributed by atoms with van der Waals surface area (Å²) in [4.78, 5) is 12.9. The molecule has 0 amide bonds. The molecule has 0 aliphatic heterocycles. The van der Waals surface area contributed by atoms with Crippen molar-refractivity contribution in [1.29, 1.82) is 0 Å². The molecule has 0 fully saturated rings. The molecule has 0 N–H and O–H groups in total. The maximum atomic E-state index is 10.6. The second-order valence-corrected chi connectivity index (χ2v) is 7.42. The fraction of sp³-hybridized carbons (Fsp3) is 0.850. The number of unbranched alkanes of at least 4 members (excludes halogenated alkanes) is 9. The van der Waals surface area contributed by atoms with Crippen LogP contribution in [-0.4, -0.2) is 36.7 Å². The largest absolute Gasteiger partial charge is 0.309 e. The van der Waals surface area contributed by atoms with Crippen molar-refractivity contribution in [2.24, 2.45) is 0 Å². The average Bonchev–Trinajstić information content (AvgIpc) is 2.49. The zero-order valence-corrected chi connectivity index (χ0v) is 17.7. The van der Waals surface area contributed by atoms with E-state index in [1.807, 2.05) is 0 Å². The standard InChI is InChI=1S/C14H31N.C6H9BrO/c1-4-5-6-7-8-9-10-11-12-13-14-15(2)3;1-5(2)6(8)3-4-7/h4-14H2,1-3H3;1,3-4H2,2H3. The molecule has 0 aromatic heterocycles. The summed E-state index contributed by atoms with van der Waals surface area (Å²) in [5.41, 5.74) is 0.643. The predicted octanol–water partition coefficient (Wildman–Crippen LogP) is 6.39. The summed E-state index contributed by atoms with van der Waals surface area (Å²) in [6.45, 7) is 8.77. The molecule has 0 unspecified atom stereocenters. The molecule has 0 aliphatic rings. The van der Waals surface area contributed by atoms with Crippen LogP contribution in [-0.2, 0) is 4.79 Å². The first kappa shape index (κ1) is 25.1. The van der Waals surface area contributed by atoms with Crippen LogP contribution in [0.2, 0.25) is 0 Å². The minimum atomic E-state index is 0.141. The van der Waals surface area contributed by atoms with Crippen molar-refractivity contribution in [3.05, 3.63) is 12.2 Å². The first-order valence-electron chi connectivity index (χ1n) is 9.35. The summed E-state index contributed by atoms with van der Waals surface area (Å²) in [6.07, 6.45) is 14.9. The van der Waals surface area contributed by atoms with E-state index in [-0.39, 0.29) is 5.78 Å². The lowest BCUT2D eigenvalue weighted by Crippen LogP contribution is -2.12. The van der Waals surface area contributed by atoms with Gasteiger partial charge in [-0.2, -0.15) is 0 Å². The summed E-state index contributed by atoms with van der Waals surface area (Å²) >= 11 is 3.16. The Kier molecular flexibility index (Phi) is 21.7. The van der Waals surface area contributed by atoms with E-state index in [1.165, 1.54) is 70.8 Å².